The molecule has 196 valence electrons. The minimum absolute atomic E-state index is 0.0928. The maximum Gasteiger partial charge on any atom is 0.261 e. The Bertz CT molecular complexity index is 1750. The summed E-state index contributed by atoms with van der Waals surface area (Å²) in [7, 11) is 1.51. The number of methoxy groups -OCH3 is 1. The number of hydrogen-bond acceptors (Lipinski definition) is 6. The molecule has 0 aliphatic heterocycles. The lowest BCUT2D eigenvalue weighted by atomic mass is 10.0. The molecular weight excluding hydrogens is 506 g/mol. The van der Waals surface area contributed by atoms with Crippen LogP contribution >= 0.6 is 0 Å². The average molecular weight is 529 g/mol. The highest BCUT2D eigenvalue weighted by atomic mass is 19.1. The number of aryl methyl sites for hydroxylation is 1. The molecule has 3 heterocycles. The number of halogens is 2. The first kappa shape index (κ1) is 25.5. The van der Waals surface area contributed by atoms with Crippen molar-refractivity contribution in [3.8, 4) is 28.4 Å². The Hall–Kier alpha value is -5.12. The van der Waals surface area contributed by atoms with Crippen molar-refractivity contribution >= 4 is 22.6 Å². The molecule has 1 N–H and O–H groups in total. The van der Waals surface area contributed by atoms with Gasteiger partial charge in [0.1, 0.15) is 22.6 Å². The second-order valence-corrected chi connectivity index (χ2v) is 8.51. The summed E-state index contributed by atoms with van der Waals surface area (Å²) in [6, 6.07) is 12.6. The summed E-state index contributed by atoms with van der Waals surface area (Å²) in [4.78, 5) is 34.7. The van der Waals surface area contributed by atoms with Gasteiger partial charge in [-0.3, -0.25) is 14.6 Å². The number of ether oxygens (including phenoxy) is 2. The molecule has 0 aliphatic carbocycles. The summed E-state index contributed by atoms with van der Waals surface area (Å²) in [6.07, 6.45) is 6.04. The van der Waals surface area contributed by atoms with Gasteiger partial charge >= 0.3 is 0 Å². The van der Waals surface area contributed by atoms with Gasteiger partial charge in [0.05, 0.1) is 18.8 Å². The van der Waals surface area contributed by atoms with Crippen LogP contribution < -0.4 is 20.2 Å². The van der Waals surface area contributed by atoms with Gasteiger partial charge < -0.3 is 19.4 Å². The summed E-state index contributed by atoms with van der Waals surface area (Å²) in [6.45, 7) is 2.34. The fourth-order valence-electron chi connectivity index (χ4n) is 3.97. The number of carbonyl (C=O) groups is 1. The molecule has 5 aromatic rings. The lowest BCUT2D eigenvalue weighted by Crippen LogP contribution is -2.24. The zero-order valence-corrected chi connectivity index (χ0v) is 20.9. The Kier molecular flexibility index (Phi) is 7.00. The number of amides is 1. The van der Waals surface area contributed by atoms with E-state index in [4.69, 9.17) is 9.47 Å². The fourth-order valence-corrected chi connectivity index (χ4v) is 3.97. The number of fused-ring (bicyclic) bond motifs is 1. The minimum Gasteiger partial charge on any atom is -0.495 e. The maximum atomic E-state index is 15.0. The van der Waals surface area contributed by atoms with E-state index in [0.717, 1.165) is 6.07 Å². The third kappa shape index (κ3) is 5.30. The first-order valence-corrected chi connectivity index (χ1v) is 11.9. The third-order valence-corrected chi connectivity index (χ3v) is 6.00. The molecule has 10 heteroatoms. The van der Waals surface area contributed by atoms with Crippen molar-refractivity contribution < 1.29 is 23.0 Å². The maximum absolute atomic E-state index is 15.0. The van der Waals surface area contributed by atoms with E-state index in [1.54, 1.807) is 22.9 Å². The highest BCUT2D eigenvalue weighted by molar-refractivity contribution is 6.04. The van der Waals surface area contributed by atoms with Crippen molar-refractivity contribution in [2.75, 3.05) is 12.4 Å². The van der Waals surface area contributed by atoms with Gasteiger partial charge in [0.2, 0.25) is 5.43 Å². The van der Waals surface area contributed by atoms with Crippen LogP contribution in [0.4, 0.5) is 14.5 Å². The standard InChI is InChI=1S/C29H22F2N4O4/c1-3-35-15-21(17-4-6-18(30)7-5-17)28(36)22(16-35)29(37)34-19-8-9-25(23(31)12-19)39-26-10-11-32-24-13-20(38-2)14-33-27(24)26/h4-16H,3H2,1-2H3,(H,34,37). The second kappa shape index (κ2) is 10.7. The molecule has 39 heavy (non-hydrogen) atoms. The topological polar surface area (TPSA) is 95.3 Å². The third-order valence-electron chi connectivity index (χ3n) is 6.00. The number of rotatable bonds is 7. The molecule has 0 atom stereocenters. The van der Waals surface area contributed by atoms with Crippen molar-refractivity contribution in [3.63, 3.8) is 0 Å². The summed E-state index contributed by atoms with van der Waals surface area (Å²) >= 11 is 0. The Morgan fingerprint density at radius 1 is 1.00 bits per heavy atom. The van der Waals surface area contributed by atoms with Gasteiger partial charge in [0, 0.05) is 54.6 Å². The minimum atomic E-state index is -0.739. The van der Waals surface area contributed by atoms with Crippen LogP contribution in [0.25, 0.3) is 22.2 Å². The molecule has 0 unspecified atom stereocenters. The van der Waals surface area contributed by atoms with E-state index in [0.29, 0.717) is 28.9 Å². The van der Waals surface area contributed by atoms with Crippen LogP contribution in [-0.2, 0) is 6.54 Å². The zero-order chi connectivity index (χ0) is 27.5. The van der Waals surface area contributed by atoms with Crippen molar-refractivity contribution in [3.05, 3.63) is 107 Å². The Balaban J connectivity index is 1.40. The summed E-state index contributed by atoms with van der Waals surface area (Å²) < 4.78 is 41.0. The SMILES string of the molecule is CCn1cc(C(=O)Nc2ccc(Oc3ccnc4cc(OC)cnc34)c(F)c2)c(=O)c(-c2ccc(F)cc2)c1. The average Bonchev–Trinajstić information content (AvgIpc) is 2.95. The van der Waals surface area contributed by atoms with E-state index in [-0.39, 0.29) is 28.3 Å². The van der Waals surface area contributed by atoms with Gasteiger partial charge in [-0.1, -0.05) is 12.1 Å². The molecule has 8 nitrogen and oxygen atoms in total. The van der Waals surface area contributed by atoms with Crippen LogP contribution in [0.1, 0.15) is 17.3 Å². The van der Waals surface area contributed by atoms with Gasteiger partial charge in [-0.05, 0) is 36.8 Å². The lowest BCUT2D eigenvalue weighted by molar-refractivity contribution is 0.102. The molecule has 0 radical (unpaired) electrons. The number of anilines is 1. The van der Waals surface area contributed by atoms with E-state index in [1.165, 1.54) is 62.1 Å². The first-order valence-electron chi connectivity index (χ1n) is 11.9. The molecule has 0 spiro atoms. The molecular formula is C29H22F2N4O4. The van der Waals surface area contributed by atoms with Crippen molar-refractivity contribution in [2.45, 2.75) is 13.5 Å². The molecule has 3 aromatic heterocycles. The fraction of sp³-hybridized carbons (Fsp3) is 0.103. The molecule has 0 aliphatic rings. The largest absolute Gasteiger partial charge is 0.495 e. The predicted molar refractivity (Wildman–Crippen MR) is 142 cm³/mol. The molecule has 0 bridgehead atoms. The van der Waals surface area contributed by atoms with E-state index < -0.39 is 23.0 Å². The van der Waals surface area contributed by atoms with Gasteiger partial charge in [-0.25, -0.2) is 13.8 Å². The Morgan fingerprint density at radius 2 is 1.79 bits per heavy atom. The molecule has 0 saturated carbocycles. The van der Waals surface area contributed by atoms with Crippen LogP contribution in [0, 0.1) is 11.6 Å². The van der Waals surface area contributed by atoms with Gasteiger partial charge in [-0.2, -0.15) is 0 Å². The van der Waals surface area contributed by atoms with Crippen molar-refractivity contribution in [1.82, 2.24) is 14.5 Å². The predicted octanol–water partition coefficient (Wildman–Crippen LogP) is 5.81. The number of hydrogen-bond donors (Lipinski definition) is 1. The highest BCUT2D eigenvalue weighted by Gasteiger charge is 2.18. The quantitative estimate of drug-likeness (QED) is 0.287. The van der Waals surface area contributed by atoms with E-state index in [9.17, 15) is 18.4 Å². The monoisotopic (exact) mass is 528 g/mol. The number of carbonyl (C=O) groups excluding carboxylic acids is 1. The molecule has 1 amide bonds. The van der Waals surface area contributed by atoms with Crippen LogP contribution in [0.3, 0.4) is 0 Å². The van der Waals surface area contributed by atoms with Gasteiger partial charge in [0.25, 0.3) is 5.91 Å². The number of nitrogens with zero attached hydrogens (tertiary/aromatic N) is 3. The number of benzene rings is 2. The molecule has 2 aromatic carbocycles. The molecule has 5 rings (SSSR count). The van der Waals surface area contributed by atoms with Crippen LogP contribution in [-0.4, -0.2) is 27.6 Å². The van der Waals surface area contributed by atoms with Crippen molar-refractivity contribution in [2.24, 2.45) is 0 Å². The summed E-state index contributed by atoms with van der Waals surface area (Å²) in [5, 5.41) is 2.57. The molecule has 0 saturated heterocycles. The number of pyridine rings is 3. The highest BCUT2D eigenvalue weighted by Crippen LogP contribution is 2.31. The Morgan fingerprint density at radius 3 is 2.51 bits per heavy atom. The Labute approximate surface area is 221 Å². The molecule has 0 fully saturated rings. The van der Waals surface area contributed by atoms with Crippen LogP contribution in [0.5, 0.6) is 17.2 Å². The zero-order valence-electron chi connectivity index (χ0n) is 20.9. The normalized spacial score (nSPS) is 10.9. The summed E-state index contributed by atoms with van der Waals surface area (Å²) in [5.41, 5.74) is 1.11. The van der Waals surface area contributed by atoms with E-state index in [1.807, 2.05) is 6.92 Å². The second-order valence-electron chi connectivity index (χ2n) is 8.51. The van der Waals surface area contributed by atoms with Crippen LogP contribution in [0.2, 0.25) is 0 Å². The van der Waals surface area contributed by atoms with E-state index >= 15 is 0 Å². The van der Waals surface area contributed by atoms with Gasteiger partial charge in [-0.15, -0.1) is 0 Å². The summed E-state index contributed by atoms with van der Waals surface area (Å²) in [5.74, 6) is -1.17. The van der Waals surface area contributed by atoms with Gasteiger partial charge in [0.15, 0.2) is 17.3 Å². The van der Waals surface area contributed by atoms with Crippen molar-refractivity contribution in [1.29, 1.82) is 0 Å². The van der Waals surface area contributed by atoms with E-state index in [2.05, 4.69) is 15.3 Å². The first-order chi connectivity index (χ1) is 18.9. The smallest absolute Gasteiger partial charge is 0.261 e. The lowest BCUT2D eigenvalue weighted by Gasteiger charge is -2.12. The number of nitrogens with one attached hydrogen (secondary N) is 1. The number of aromatic nitrogens is 3. The van der Waals surface area contributed by atoms with Crippen LogP contribution in [0.15, 0.2) is 84.2 Å².